The SMILES string of the molecule is CNC(=O)c1c(-c2ccc(F)cc2)oc2c1cc(-c1cccc(C(=O)NCC(C)(C)c3ccccc3)c1)c1[nH]ccc12. The zero-order valence-corrected chi connectivity index (χ0v) is 23.5. The minimum Gasteiger partial charge on any atom is -0.454 e. The predicted octanol–water partition coefficient (Wildman–Crippen LogP) is 7.45. The monoisotopic (exact) mass is 559 g/mol. The average molecular weight is 560 g/mol. The van der Waals surface area contributed by atoms with E-state index in [-0.39, 0.29) is 23.0 Å². The van der Waals surface area contributed by atoms with E-state index in [1.54, 1.807) is 25.2 Å². The molecule has 2 aromatic heterocycles. The van der Waals surface area contributed by atoms with Crippen molar-refractivity contribution < 1.29 is 18.4 Å². The second-order valence-electron chi connectivity index (χ2n) is 11.0. The highest BCUT2D eigenvalue weighted by atomic mass is 19.1. The van der Waals surface area contributed by atoms with Crippen molar-refractivity contribution in [3.05, 3.63) is 120 Å². The van der Waals surface area contributed by atoms with Crippen LogP contribution >= 0.6 is 0 Å². The summed E-state index contributed by atoms with van der Waals surface area (Å²) in [7, 11) is 1.56. The topological polar surface area (TPSA) is 87.1 Å². The van der Waals surface area contributed by atoms with Gasteiger partial charge in [-0.15, -0.1) is 0 Å². The van der Waals surface area contributed by atoms with E-state index in [1.807, 2.05) is 54.7 Å². The van der Waals surface area contributed by atoms with Crippen molar-refractivity contribution in [3.63, 3.8) is 0 Å². The number of hydrogen-bond acceptors (Lipinski definition) is 3. The molecule has 0 aliphatic heterocycles. The van der Waals surface area contributed by atoms with Gasteiger partial charge >= 0.3 is 0 Å². The number of carbonyl (C=O) groups excluding carboxylic acids is 2. The van der Waals surface area contributed by atoms with Crippen LogP contribution in [0.2, 0.25) is 0 Å². The Labute approximate surface area is 242 Å². The maximum Gasteiger partial charge on any atom is 0.255 e. The van der Waals surface area contributed by atoms with Gasteiger partial charge in [0, 0.05) is 52.7 Å². The first-order valence-corrected chi connectivity index (χ1v) is 13.8. The number of amides is 2. The lowest BCUT2D eigenvalue weighted by Gasteiger charge is -2.25. The number of aromatic nitrogens is 1. The van der Waals surface area contributed by atoms with Crippen LogP contribution in [-0.2, 0) is 5.41 Å². The van der Waals surface area contributed by atoms with E-state index in [1.165, 1.54) is 12.1 Å². The minimum atomic E-state index is -0.376. The van der Waals surface area contributed by atoms with Gasteiger partial charge in [0.05, 0.1) is 11.1 Å². The lowest BCUT2D eigenvalue weighted by molar-refractivity contribution is 0.0943. The van der Waals surface area contributed by atoms with Crippen molar-refractivity contribution >= 4 is 33.7 Å². The van der Waals surface area contributed by atoms with E-state index >= 15 is 0 Å². The van der Waals surface area contributed by atoms with Gasteiger partial charge in [0.25, 0.3) is 11.8 Å². The molecule has 2 amide bonds. The highest BCUT2D eigenvalue weighted by molar-refractivity contribution is 6.19. The van der Waals surface area contributed by atoms with Crippen molar-refractivity contribution in [2.45, 2.75) is 19.3 Å². The molecule has 0 unspecified atom stereocenters. The number of halogens is 1. The summed E-state index contributed by atoms with van der Waals surface area (Å²) in [6, 6.07) is 27.2. The molecule has 0 saturated carbocycles. The third-order valence-corrected chi connectivity index (χ3v) is 7.74. The molecule has 0 spiro atoms. The Kier molecular flexibility index (Phi) is 6.86. The van der Waals surface area contributed by atoms with Gasteiger partial charge in [-0.2, -0.15) is 0 Å². The Morgan fingerprint density at radius 3 is 2.36 bits per heavy atom. The first-order chi connectivity index (χ1) is 20.3. The van der Waals surface area contributed by atoms with Crippen LogP contribution in [0.1, 0.15) is 40.1 Å². The fourth-order valence-corrected chi connectivity index (χ4v) is 5.38. The fraction of sp³-hybridized carbons (Fsp3) is 0.143. The molecule has 0 aliphatic rings. The minimum absolute atomic E-state index is 0.169. The molecule has 0 saturated heterocycles. The van der Waals surface area contributed by atoms with Crippen molar-refractivity contribution in [3.8, 4) is 22.5 Å². The molecule has 0 atom stereocenters. The van der Waals surface area contributed by atoms with Crippen LogP contribution in [0.15, 0.2) is 102 Å². The zero-order chi connectivity index (χ0) is 29.4. The van der Waals surface area contributed by atoms with Crippen LogP contribution in [0, 0.1) is 5.82 Å². The molecule has 6 nitrogen and oxygen atoms in total. The molecule has 4 aromatic carbocycles. The summed E-state index contributed by atoms with van der Waals surface area (Å²) in [6.45, 7) is 4.68. The summed E-state index contributed by atoms with van der Waals surface area (Å²) in [4.78, 5) is 29.7. The molecule has 6 aromatic rings. The van der Waals surface area contributed by atoms with Crippen LogP contribution in [-0.4, -0.2) is 30.4 Å². The molecule has 0 fully saturated rings. The third-order valence-electron chi connectivity index (χ3n) is 7.74. The lowest BCUT2D eigenvalue weighted by Crippen LogP contribution is -2.36. The van der Waals surface area contributed by atoms with Crippen LogP contribution < -0.4 is 10.6 Å². The number of nitrogens with one attached hydrogen (secondary N) is 3. The molecule has 0 aliphatic carbocycles. The summed E-state index contributed by atoms with van der Waals surface area (Å²) < 4.78 is 20.0. The van der Waals surface area contributed by atoms with E-state index in [0.29, 0.717) is 40.0 Å². The number of hydrogen-bond donors (Lipinski definition) is 3. The lowest BCUT2D eigenvalue weighted by atomic mass is 9.84. The van der Waals surface area contributed by atoms with Crippen LogP contribution in [0.25, 0.3) is 44.3 Å². The maximum atomic E-state index is 13.7. The van der Waals surface area contributed by atoms with E-state index in [4.69, 9.17) is 4.42 Å². The van der Waals surface area contributed by atoms with Gasteiger partial charge in [0.1, 0.15) is 17.2 Å². The standard InChI is InChI=1S/C35H30FN3O3/c1-35(2,24-10-5-4-6-11-24)20-39-33(40)23-9-7-8-22(18-23)27-19-28-29(34(41)37-3)31(21-12-14-25(36)15-13-21)42-32(28)26-16-17-38-30(26)27/h4-19,38H,20H2,1-3H3,(H,37,41)(H,39,40). The Hall–Kier alpha value is -5.17. The summed E-state index contributed by atoms with van der Waals surface area (Å²) in [5.74, 6) is -0.502. The number of rotatable bonds is 7. The molecular weight excluding hydrogens is 529 g/mol. The fourth-order valence-electron chi connectivity index (χ4n) is 5.38. The zero-order valence-electron chi connectivity index (χ0n) is 23.5. The quantitative estimate of drug-likeness (QED) is 0.190. The molecular formula is C35H30FN3O3. The van der Waals surface area contributed by atoms with Crippen LogP contribution in [0.5, 0.6) is 0 Å². The number of carbonyl (C=O) groups is 2. The van der Waals surface area contributed by atoms with E-state index < -0.39 is 0 Å². The average Bonchev–Trinajstić information content (AvgIpc) is 3.65. The second-order valence-corrected chi connectivity index (χ2v) is 11.0. The second kappa shape index (κ2) is 10.7. The van der Waals surface area contributed by atoms with Crippen LogP contribution in [0.3, 0.4) is 0 Å². The van der Waals surface area contributed by atoms with E-state index in [9.17, 15) is 14.0 Å². The van der Waals surface area contributed by atoms with Gasteiger partial charge in [-0.25, -0.2) is 4.39 Å². The molecule has 0 radical (unpaired) electrons. The number of H-pyrrole nitrogens is 1. The molecule has 42 heavy (non-hydrogen) atoms. The first kappa shape index (κ1) is 27.0. The van der Waals surface area contributed by atoms with E-state index in [2.05, 4.69) is 41.6 Å². The van der Waals surface area contributed by atoms with Gasteiger partial charge in [0.2, 0.25) is 0 Å². The van der Waals surface area contributed by atoms with Gasteiger partial charge in [-0.05, 0) is 59.7 Å². The molecule has 7 heteroatoms. The largest absolute Gasteiger partial charge is 0.454 e. The van der Waals surface area contributed by atoms with Crippen LogP contribution in [0.4, 0.5) is 4.39 Å². The van der Waals surface area contributed by atoms with Gasteiger partial charge < -0.3 is 20.0 Å². The Morgan fingerprint density at radius 2 is 1.62 bits per heavy atom. The van der Waals surface area contributed by atoms with Crippen molar-refractivity contribution in [1.29, 1.82) is 0 Å². The number of furan rings is 1. The molecule has 2 heterocycles. The molecule has 3 N–H and O–H groups in total. The highest BCUT2D eigenvalue weighted by Gasteiger charge is 2.25. The smallest absolute Gasteiger partial charge is 0.255 e. The highest BCUT2D eigenvalue weighted by Crippen LogP contribution is 2.41. The van der Waals surface area contributed by atoms with Crippen molar-refractivity contribution in [2.24, 2.45) is 0 Å². The first-order valence-electron chi connectivity index (χ1n) is 13.8. The third kappa shape index (κ3) is 4.83. The Bertz CT molecular complexity index is 1940. The van der Waals surface area contributed by atoms with Gasteiger partial charge in [0.15, 0.2) is 0 Å². The van der Waals surface area contributed by atoms with E-state index in [0.717, 1.165) is 27.6 Å². The number of aromatic amines is 1. The van der Waals surface area contributed by atoms with Gasteiger partial charge in [-0.1, -0.05) is 56.3 Å². The number of benzene rings is 4. The molecule has 0 bridgehead atoms. The van der Waals surface area contributed by atoms with Crippen molar-refractivity contribution in [1.82, 2.24) is 15.6 Å². The number of fused-ring (bicyclic) bond motifs is 3. The summed E-state index contributed by atoms with van der Waals surface area (Å²) in [5.41, 5.74) is 5.38. The van der Waals surface area contributed by atoms with Gasteiger partial charge in [-0.3, -0.25) is 9.59 Å². The Balaban J connectivity index is 1.41. The summed E-state index contributed by atoms with van der Waals surface area (Å²) >= 11 is 0. The maximum absolute atomic E-state index is 13.7. The summed E-state index contributed by atoms with van der Waals surface area (Å²) in [6.07, 6.45) is 1.81. The molecule has 210 valence electrons. The Morgan fingerprint density at radius 1 is 0.857 bits per heavy atom. The summed E-state index contributed by atoms with van der Waals surface area (Å²) in [5, 5.41) is 7.22. The molecule has 6 rings (SSSR count). The normalized spacial score (nSPS) is 11.6. The van der Waals surface area contributed by atoms with Crippen molar-refractivity contribution in [2.75, 3.05) is 13.6 Å². The predicted molar refractivity (Wildman–Crippen MR) is 164 cm³/mol.